The highest BCUT2D eigenvalue weighted by molar-refractivity contribution is 5.89. The molecule has 2 rings (SSSR count). The lowest BCUT2D eigenvalue weighted by Crippen LogP contribution is -1.91. The van der Waals surface area contributed by atoms with Crippen LogP contribution in [0, 0.1) is 18.3 Å². The van der Waals surface area contributed by atoms with Crippen molar-refractivity contribution in [1.29, 1.82) is 5.26 Å². The summed E-state index contributed by atoms with van der Waals surface area (Å²) in [5, 5.41) is 9.75. The minimum Gasteiger partial charge on any atom is -0.490 e. The van der Waals surface area contributed by atoms with Crippen LogP contribution in [0.3, 0.4) is 0 Å². The minimum atomic E-state index is 0.584. The fourth-order valence-electron chi connectivity index (χ4n) is 1.59. The SMILES string of the molecule is CCOc1ccc(C#N)c2cc(C)oc12. The van der Waals surface area contributed by atoms with E-state index in [2.05, 4.69) is 6.07 Å². The van der Waals surface area contributed by atoms with E-state index in [1.807, 2.05) is 19.9 Å². The molecule has 0 saturated carbocycles. The van der Waals surface area contributed by atoms with E-state index >= 15 is 0 Å². The summed E-state index contributed by atoms with van der Waals surface area (Å²) in [5.74, 6) is 1.48. The van der Waals surface area contributed by atoms with Crippen LogP contribution in [0.1, 0.15) is 18.2 Å². The van der Waals surface area contributed by atoms with Crippen LogP contribution in [0.5, 0.6) is 5.75 Å². The van der Waals surface area contributed by atoms with Gasteiger partial charge >= 0.3 is 0 Å². The molecule has 1 heterocycles. The van der Waals surface area contributed by atoms with Crippen molar-refractivity contribution >= 4 is 11.0 Å². The Hall–Kier alpha value is -1.95. The molecule has 1 aromatic heterocycles. The summed E-state index contributed by atoms with van der Waals surface area (Å²) in [6.07, 6.45) is 0. The van der Waals surface area contributed by atoms with Gasteiger partial charge in [0.2, 0.25) is 0 Å². The second-order valence-electron chi connectivity index (χ2n) is 3.26. The Morgan fingerprint density at radius 2 is 2.27 bits per heavy atom. The van der Waals surface area contributed by atoms with Gasteiger partial charge in [-0.25, -0.2) is 0 Å². The van der Waals surface area contributed by atoms with Gasteiger partial charge in [0.25, 0.3) is 0 Å². The fraction of sp³-hybridized carbons (Fsp3) is 0.250. The minimum absolute atomic E-state index is 0.584. The lowest BCUT2D eigenvalue weighted by Gasteiger charge is -2.03. The molecule has 0 aliphatic carbocycles. The van der Waals surface area contributed by atoms with Gasteiger partial charge in [-0.1, -0.05) is 0 Å². The largest absolute Gasteiger partial charge is 0.490 e. The molecule has 0 radical (unpaired) electrons. The third-order valence-corrected chi connectivity index (χ3v) is 2.19. The fourth-order valence-corrected chi connectivity index (χ4v) is 1.59. The Labute approximate surface area is 87.9 Å². The zero-order valence-electron chi connectivity index (χ0n) is 8.70. The molecule has 0 fully saturated rings. The number of fused-ring (bicyclic) bond motifs is 1. The molecule has 0 atom stereocenters. The highest BCUT2D eigenvalue weighted by Crippen LogP contribution is 2.31. The lowest BCUT2D eigenvalue weighted by atomic mass is 10.1. The second kappa shape index (κ2) is 3.66. The predicted octanol–water partition coefficient (Wildman–Crippen LogP) is 3.01. The lowest BCUT2D eigenvalue weighted by molar-refractivity contribution is 0.338. The first-order chi connectivity index (χ1) is 7.26. The molecule has 15 heavy (non-hydrogen) atoms. The maximum Gasteiger partial charge on any atom is 0.177 e. The number of hydrogen-bond acceptors (Lipinski definition) is 3. The van der Waals surface area contributed by atoms with Crippen molar-refractivity contribution in [2.75, 3.05) is 6.61 Å². The number of hydrogen-bond donors (Lipinski definition) is 0. The van der Waals surface area contributed by atoms with E-state index in [4.69, 9.17) is 14.4 Å². The maximum absolute atomic E-state index is 8.93. The van der Waals surface area contributed by atoms with Gasteiger partial charge in [0.15, 0.2) is 11.3 Å². The summed E-state index contributed by atoms with van der Waals surface area (Å²) < 4.78 is 10.9. The predicted molar refractivity (Wildman–Crippen MR) is 56.8 cm³/mol. The third-order valence-electron chi connectivity index (χ3n) is 2.19. The van der Waals surface area contributed by atoms with Crippen molar-refractivity contribution in [3.05, 3.63) is 29.5 Å². The molecule has 0 saturated heterocycles. The summed E-state index contributed by atoms with van der Waals surface area (Å²) in [6.45, 7) is 4.36. The summed E-state index contributed by atoms with van der Waals surface area (Å²) in [7, 11) is 0. The molecule has 0 bridgehead atoms. The topological polar surface area (TPSA) is 46.2 Å². The quantitative estimate of drug-likeness (QED) is 0.750. The van der Waals surface area contributed by atoms with Crippen LogP contribution < -0.4 is 4.74 Å². The Morgan fingerprint density at radius 1 is 1.47 bits per heavy atom. The molecular formula is C12H11NO2. The standard InChI is InChI=1S/C12H11NO2/c1-3-14-11-5-4-9(7-13)10-6-8(2)15-12(10)11/h4-6H,3H2,1-2H3. The average molecular weight is 201 g/mol. The smallest absolute Gasteiger partial charge is 0.177 e. The van der Waals surface area contributed by atoms with Gasteiger partial charge in [-0.05, 0) is 32.0 Å². The van der Waals surface area contributed by atoms with Crippen LogP contribution in [0.15, 0.2) is 22.6 Å². The molecule has 0 aliphatic heterocycles. The Balaban J connectivity index is 2.72. The highest BCUT2D eigenvalue weighted by Gasteiger charge is 2.11. The number of ether oxygens (including phenoxy) is 1. The van der Waals surface area contributed by atoms with Crippen molar-refractivity contribution in [3.8, 4) is 11.8 Å². The molecule has 0 spiro atoms. The van der Waals surface area contributed by atoms with Crippen molar-refractivity contribution in [1.82, 2.24) is 0 Å². The molecule has 2 aromatic rings. The molecule has 3 nitrogen and oxygen atoms in total. The van der Waals surface area contributed by atoms with Crippen LogP contribution >= 0.6 is 0 Å². The van der Waals surface area contributed by atoms with E-state index in [9.17, 15) is 0 Å². The number of rotatable bonds is 2. The highest BCUT2D eigenvalue weighted by atomic mass is 16.5. The van der Waals surface area contributed by atoms with E-state index in [0.29, 0.717) is 23.5 Å². The van der Waals surface area contributed by atoms with Gasteiger partial charge in [-0.15, -0.1) is 0 Å². The molecular weight excluding hydrogens is 190 g/mol. The van der Waals surface area contributed by atoms with Crippen LogP contribution in [-0.2, 0) is 0 Å². The molecule has 0 unspecified atom stereocenters. The molecule has 1 aromatic carbocycles. The second-order valence-corrected chi connectivity index (χ2v) is 3.26. The normalized spacial score (nSPS) is 10.2. The first-order valence-corrected chi connectivity index (χ1v) is 4.82. The molecule has 0 amide bonds. The number of nitriles is 1. The van der Waals surface area contributed by atoms with Crippen molar-refractivity contribution in [3.63, 3.8) is 0 Å². The first kappa shape index (κ1) is 9.60. The van der Waals surface area contributed by atoms with Crippen molar-refractivity contribution < 1.29 is 9.15 Å². The Morgan fingerprint density at radius 3 is 2.93 bits per heavy atom. The van der Waals surface area contributed by atoms with E-state index in [1.165, 1.54) is 0 Å². The molecule has 0 aliphatic rings. The molecule has 0 N–H and O–H groups in total. The number of benzene rings is 1. The number of furan rings is 1. The maximum atomic E-state index is 8.93. The Kier molecular flexibility index (Phi) is 2.34. The monoisotopic (exact) mass is 201 g/mol. The van der Waals surface area contributed by atoms with E-state index in [1.54, 1.807) is 12.1 Å². The van der Waals surface area contributed by atoms with Crippen LogP contribution in [0.25, 0.3) is 11.0 Å². The van der Waals surface area contributed by atoms with Gasteiger partial charge in [0, 0.05) is 5.39 Å². The zero-order valence-corrected chi connectivity index (χ0v) is 8.70. The number of aryl methyl sites for hydroxylation is 1. The Bertz CT molecular complexity index is 534. The van der Waals surface area contributed by atoms with Crippen LogP contribution in [0.4, 0.5) is 0 Å². The molecule has 3 heteroatoms. The van der Waals surface area contributed by atoms with Gasteiger partial charge < -0.3 is 9.15 Å². The van der Waals surface area contributed by atoms with E-state index in [0.717, 1.165) is 11.1 Å². The van der Waals surface area contributed by atoms with Gasteiger partial charge in [-0.2, -0.15) is 5.26 Å². The van der Waals surface area contributed by atoms with Gasteiger partial charge in [-0.3, -0.25) is 0 Å². The van der Waals surface area contributed by atoms with Crippen molar-refractivity contribution in [2.45, 2.75) is 13.8 Å². The first-order valence-electron chi connectivity index (χ1n) is 4.82. The van der Waals surface area contributed by atoms with E-state index < -0.39 is 0 Å². The number of nitrogens with zero attached hydrogens (tertiary/aromatic N) is 1. The summed E-state index contributed by atoms with van der Waals surface area (Å²) in [4.78, 5) is 0. The zero-order chi connectivity index (χ0) is 10.8. The van der Waals surface area contributed by atoms with Crippen molar-refractivity contribution in [2.24, 2.45) is 0 Å². The van der Waals surface area contributed by atoms with Gasteiger partial charge in [0.05, 0.1) is 18.2 Å². The average Bonchev–Trinajstić information content (AvgIpc) is 2.61. The third kappa shape index (κ3) is 1.55. The molecule has 76 valence electrons. The van der Waals surface area contributed by atoms with Crippen LogP contribution in [0.2, 0.25) is 0 Å². The summed E-state index contributed by atoms with van der Waals surface area (Å²) in [6, 6.07) is 7.52. The van der Waals surface area contributed by atoms with E-state index in [-0.39, 0.29) is 0 Å². The summed E-state index contributed by atoms with van der Waals surface area (Å²) >= 11 is 0. The summed E-state index contributed by atoms with van der Waals surface area (Å²) in [5.41, 5.74) is 1.28. The van der Waals surface area contributed by atoms with Crippen LogP contribution in [-0.4, -0.2) is 6.61 Å². The van der Waals surface area contributed by atoms with Gasteiger partial charge in [0.1, 0.15) is 5.76 Å².